The molecule has 2 amide bonds. The van der Waals surface area contributed by atoms with Gasteiger partial charge in [-0.3, -0.25) is 19.7 Å². The molecule has 6 rings (SSSR count). The summed E-state index contributed by atoms with van der Waals surface area (Å²) < 4.78 is 5.40. The molecular formula is C25H20N4O5. The molecule has 0 spiro atoms. The predicted molar refractivity (Wildman–Crippen MR) is 122 cm³/mol. The fraction of sp³-hybridized carbons (Fsp3) is 0.200. The molecule has 170 valence electrons. The molecule has 4 aromatic rings. The summed E-state index contributed by atoms with van der Waals surface area (Å²) in [6, 6.07) is 16.2. The first kappa shape index (κ1) is 20.2. The van der Waals surface area contributed by atoms with E-state index in [-0.39, 0.29) is 30.6 Å². The quantitative estimate of drug-likeness (QED) is 0.373. The van der Waals surface area contributed by atoms with Crippen molar-refractivity contribution in [2.75, 3.05) is 6.54 Å². The van der Waals surface area contributed by atoms with Crippen molar-refractivity contribution in [2.45, 2.75) is 25.0 Å². The maximum Gasteiger partial charge on any atom is 0.269 e. The van der Waals surface area contributed by atoms with E-state index >= 15 is 0 Å². The first-order valence-corrected chi connectivity index (χ1v) is 11.0. The van der Waals surface area contributed by atoms with Gasteiger partial charge in [0.15, 0.2) is 0 Å². The van der Waals surface area contributed by atoms with Gasteiger partial charge in [0, 0.05) is 35.2 Å². The van der Waals surface area contributed by atoms with Crippen LogP contribution in [-0.2, 0) is 22.6 Å². The van der Waals surface area contributed by atoms with Gasteiger partial charge in [-0.2, -0.15) is 0 Å². The molecule has 9 nitrogen and oxygen atoms in total. The van der Waals surface area contributed by atoms with Crippen molar-refractivity contribution >= 4 is 28.4 Å². The number of carbonyl (C=O) groups is 2. The summed E-state index contributed by atoms with van der Waals surface area (Å²) >= 11 is 0. The van der Waals surface area contributed by atoms with Crippen LogP contribution in [0.2, 0.25) is 0 Å². The highest BCUT2D eigenvalue weighted by molar-refractivity contribution is 5.97. The average Bonchev–Trinajstić information content (AvgIpc) is 3.48. The third-order valence-electron chi connectivity index (χ3n) is 6.67. The Morgan fingerprint density at radius 1 is 1.09 bits per heavy atom. The molecule has 1 saturated heterocycles. The van der Waals surface area contributed by atoms with E-state index in [4.69, 9.17) is 4.42 Å². The number of hydrogen-bond acceptors (Lipinski definition) is 5. The Kier molecular flexibility index (Phi) is 4.51. The highest BCUT2D eigenvalue weighted by atomic mass is 16.6. The zero-order chi connectivity index (χ0) is 23.4. The second kappa shape index (κ2) is 7.58. The number of carbonyl (C=O) groups excluding carboxylic acids is 2. The maximum absolute atomic E-state index is 13.6. The van der Waals surface area contributed by atoms with Crippen LogP contribution in [0.4, 0.5) is 5.69 Å². The molecule has 34 heavy (non-hydrogen) atoms. The Labute approximate surface area is 193 Å². The van der Waals surface area contributed by atoms with E-state index < -0.39 is 17.0 Å². The molecule has 2 aromatic carbocycles. The average molecular weight is 456 g/mol. The number of furan rings is 1. The van der Waals surface area contributed by atoms with Gasteiger partial charge in [0.05, 0.1) is 23.8 Å². The van der Waals surface area contributed by atoms with Gasteiger partial charge in [0.1, 0.15) is 18.3 Å². The Morgan fingerprint density at radius 2 is 1.94 bits per heavy atom. The third-order valence-corrected chi connectivity index (χ3v) is 6.67. The van der Waals surface area contributed by atoms with Gasteiger partial charge in [-0.05, 0) is 29.3 Å². The van der Waals surface area contributed by atoms with Crippen molar-refractivity contribution in [1.82, 2.24) is 14.8 Å². The maximum atomic E-state index is 13.6. The minimum absolute atomic E-state index is 0.0625. The number of non-ortho nitro benzene ring substituents is 1. The molecule has 2 aromatic heterocycles. The van der Waals surface area contributed by atoms with Crippen LogP contribution >= 0.6 is 0 Å². The van der Waals surface area contributed by atoms with Gasteiger partial charge >= 0.3 is 0 Å². The molecule has 2 aliphatic rings. The number of piperazine rings is 1. The van der Waals surface area contributed by atoms with E-state index in [1.54, 1.807) is 29.2 Å². The molecule has 0 bridgehead atoms. The number of hydrogen-bond donors (Lipinski definition) is 1. The monoisotopic (exact) mass is 456 g/mol. The molecule has 0 unspecified atom stereocenters. The number of aromatic amines is 1. The van der Waals surface area contributed by atoms with Gasteiger partial charge in [-0.25, -0.2) is 0 Å². The van der Waals surface area contributed by atoms with E-state index in [1.807, 2.05) is 24.3 Å². The summed E-state index contributed by atoms with van der Waals surface area (Å²) in [7, 11) is 0. The van der Waals surface area contributed by atoms with E-state index in [0.717, 1.165) is 22.2 Å². The fourth-order valence-corrected chi connectivity index (χ4v) is 5.20. The number of aromatic nitrogens is 1. The van der Waals surface area contributed by atoms with Crippen molar-refractivity contribution in [3.8, 4) is 0 Å². The van der Waals surface area contributed by atoms with Crippen LogP contribution in [0.3, 0.4) is 0 Å². The minimum atomic E-state index is -0.716. The number of nitrogens with one attached hydrogen (secondary N) is 1. The second-order valence-corrected chi connectivity index (χ2v) is 8.61. The van der Waals surface area contributed by atoms with E-state index in [9.17, 15) is 19.7 Å². The minimum Gasteiger partial charge on any atom is -0.467 e. The first-order valence-electron chi connectivity index (χ1n) is 11.0. The standard InChI is InChI=1S/C25H20N4O5/c30-22-14-27(13-17-7-4-10-34-17)25(31)21-12-19-18-8-1-2-9-20(18)26-23(19)24(28(21)22)15-5-3-6-16(11-15)29(32)33/h1-11,21,24,26H,12-14H2/t21-,24+/m1/s1. The molecule has 1 fully saturated rings. The molecular weight excluding hydrogens is 436 g/mol. The lowest BCUT2D eigenvalue weighted by Crippen LogP contribution is -2.62. The number of nitro groups is 1. The summed E-state index contributed by atoms with van der Waals surface area (Å²) in [4.78, 5) is 44.7. The molecule has 0 aliphatic carbocycles. The van der Waals surface area contributed by atoms with Crippen molar-refractivity contribution in [1.29, 1.82) is 0 Å². The molecule has 0 radical (unpaired) electrons. The number of para-hydroxylation sites is 1. The predicted octanol–water partition coefficient (Wildman–Crippen LogP) is 3.55. The molecule has 4 heterocycles. The molecule has 2 atom stereocenters. The Bertz CT molecular complexity index is 1440. The SMILES string of the molecule is O=C1[C@H]2Cc3c([nH]c4ccccc34)[C@H](c3cccc([N+](=O)[O-])c3)N2C(=O)CN1Cc1ccco1. The van der Waals surface area contributed by atoms with Crippen LogP contribution in [0.1, 0.15) is 28.6 Å². The molecule has 9 heteroatoms. The van der Waals surface area contributed by atoms with E-state index in [1.165, 1.54) is 23.3 Å². The number of rotatable bonds is 4. The zero-order valence-corrected chi connectivity index (χ0v) is 18.0. The molecule has 0 saturated carbocycles. The number of amides is 2. The normalized spacial score (nSPS) is 19.9. The van der Waals surface area contributed by atoms with E-state index in [2.05, 4.69) is 4.98 Å². The molecule has 2 aliphatic heterocycles. The Balaban J connectivity index is 1.49. The Morgan fingerprint density at radius 3 is 2.74 bits per heavy atom. The summed E-state index contributed by atoms with van der Waals surface area (Å²) in [5.74, 6) is 0.229. The van der Waals surface area contributed by atoms with Crippen LogP contribution < -0.4 is 0 Å². The first-order chi connectivity index (χ1) is 16.5. The highest BCUT2D eigenvalue weighted by Crippen LogP contribution is 2.43. The van der Waals surface area contributed by atoms with Crippen LogP contribution in [0, 0.1) is 10.1 Å². The van der Waals surface area contributed by atoms with Crippen LogP contribution in [-0.4, -0.2) is 44.1 Å². The third kappa shape index (κ3) is 3.08. The Hall–Kier alpha value is -4.40. The number of H-pyrrole nitrogens is 1. The lowest BCUT2D eigenvalue weighted by molar-refractivity contribution is -0.384. The number of nitrogens with zero attached hydrogens (tertiary/aromatic N) is 3. The van der Waals surface area contributed by atoms with Gasteiger partial charge in [-0.15, -0.1) is 0 Å². The zero-order valence-electron chi connectivity index (χ0n) is 18.0. The molecule has 1 N–H and O–H groups in total. The number of fused-ring (bicyclic) bond motifs is 4. The van der Waals surface area contributed by atoms with E-state index in [0.29, 0.717) is 17.7 Å². The van der Waals surface area contributed by atoms with Gasteiger partial charge in [0.2, 0.25) is 11.8 Å². The summed E-state index contributed by atoms with van der Waals surface area (Å²) in [5.41, 5.74) is 3.17. The van der Waals surface area contributed by atoms with Crippen molar-refractivity contribution in [2.24, 2.45) is 0 Å². The number of benzene rings is 2. The van der Waals surface area contributed by atoms with Crippen molar-refractivity contribution < 1.29 is 18.9 Å². The lowest BCUT2D eigenvalue weighted by atomic mass is 9.86. The summed E-state index contributed by atoms with van der Waals surface area (Å²) in [6.45, 7) is 0.126. The van der Waals surface area contributed by atoms with Gasteiger partial charge < -0.3 is 19.2 Å². The largest absolute Gasteiger partial charge is 0.467 e. The number of nitro benzene ring substituents is 1. The smallest absolute Gasteiger partial charge is 0.269 e. The summed E-state index contributed by atoms with van der Waals surface area (Å²) in [6.07, 6.45) is 1.90. The highest BCUT2D eigenvalue weighted by Gasteiger charge is 2.48. The van der Waals surface area contributed by atoms with Crippen LogP contribution in [0.25, 0.3) is 10.9 Å². The topological polar surface area (TPSA) is 113 Å². The van der Waals surface area contributed by atoms with Crippen molar-refractivity contribution in [3.63, 3.8) is 0 Å². The van der Waals surface area contributed by atoms with Gasteiger partial charge in [-0.1, -0.05) is 30.3 Å². The van der Waals surface area contributed by atoms with Crippen LogP contribution in [0.5, 0.6) is 0 Å². The van der Waals surface area contributed by atoms with Crippen LogP contribution in [0.15, 0.2) is 71.3 Å². The van der Waals surface area contributed by atoms with Crippen molar-refractivity contribution in [3.05, 3.63) is 99.6 Å². The lowest BCUT2D eigenvalue weighted by Gasteiger charge is -2.46. The fourth-order valence-electron chi connectivity index (χ4n) is 5.20. The summed E-state index contributed by atoms with van der Waals surface area (Å²) in [5, 5.41) is 12.4. The van der Waals surface area contributed by atoms with Gasteiger partial charge in [0.25, 0.3) is 5.69 Å². The second-order valence-electron chi connectivity index (χ2n) is 8.61.